The second kappa shape index (κ2) is 5.43. The van der Waals surface area contributed by atoms with E-state index in [2.05, 4.69) is 24.2 Å². The lowest BCUT2D eigenvalue weighted by Gasteiger charge is -2.28. The van der Waals surface area contributed by atoms with Crippen molar-refractivity contribution in [1.29, 1.82) is 0 Å². The molecule has 2 unspecified atom stereocenters. The fourth-order valence-electron chi connectivity index (χ4n) is 1.55. The topological polar surface area (TPSA) is 37.5 Å². The van der Waals surface area contributed by atoms with Gasteiger partial charge in [-0.1, -0.05) is 18.7 Å². The Kier molecular flexibility index (Phi) is 3.93. The first-order chi connectivity index (χ1) is 7.75. The normalized spacial score (nSPS) is 28.0. The molecule has 1 saturated heterocycles. The molecule has 1 fully saturated rings. The summed E-state index contributed by atoms with van der Waals surface area (Å²) >= 11 is 1.82. The number of aliphatic imine (C=N–C) groups is 1. The zero-order valence-corrected chi connectivity index (χ0v) is 10.6. The van der Waals surface area contributed by atoms with Gasteiger partial charge in [0, 0.05) is 24.8 Å². The highest BCUT2D eigenvalue weighted by Crippen LogP contribution is 2.19. The van der Waals surface area contributed by atoms with Gasteiger partial charge in [0.2, 0.25) is 0 Å². The lowest BCUT2D eigenvalue weighted by molar-refractivity contribution is 0.489. The molecule has 1 aliphatic heterocycles. The molecule has 2 atom stereocenters. The van der Waals surface area contributed by atoms with Crippen LogP contribution in [0.5, 0.6) is 0 Å². The molecule has 1 aliphatic rings. The summed E-state index contributed by atoms with van der Waals surface area (Å²) in [5.74, 6) is 2.88. The van der Waals surface area contributed by atoms with Crippen molar-refractivity contribution >= 4 is 16.9 Å². The first-order valence-corrected chi connectivity index (χ1v) is 6.70. The van der Waals surface area contributed by atoms with E-state index in [4.69, 9.17) is 4.42 Å². The zero-order chi connectivity index (χ0) is 11.4. The molecule has 1 aromatic rings. The van der Waals surface area contributed by atoms with E-state index in [-0.39, 0.29) is 0 Å². The van der Waals surface area contributed by atoms with E-state index in [0.29, 0.717) is 12.0 Å². The van der Waals surface area contributed by atoms with E-state index in [1.807, 2.05) is 23.9 Å². The van der Waals surface area contributed by atoms with E-state index in [1.165, 1.54) is 0 Å². The molecule has 0 radical (unpaired) electrons. The predicted octanol–water partition coefficient (Wildman–Crippen LogP) is 2.54. The lowest BCUT2D eigenvalue weighted by atomic mass is 10.1. The molecular formula is C12H18N2OS. The van der Waals surface area contributed by atoms with Crippen LogP contribution in [-0.2, 0) is 6.42 Å². The maximum Gasteiger partial charge on any atom is 0.156 e. The molecule has 1 aromatic heterocycles. The van der Waals surface area contributed by atoms with Gasteiger partial charge in [0.1, 0.15) is 5.76 Å². The van der Waals surface area contributed by atoms with E-state index in [9.17, 15) is 0 Å². The Balaban J connectivity index is 1.79. The Morgan fingerprint density at radius 3 is 3.12 bits per heavy atom. The molecule has 0 aromatic carbocycles. The number of thioether (sulfide) groups is 1. The number of furan rings is 1. The second-order valence-corrected chi connectivity index (χ2v) is 5.25. The average molecular weight is 238 g/mol. The summed E-state index contributed by atoms with van der Waals surface area (Å²) in [6.45, 7) is 5.28. The van der Waals surface area contributed by atoms with Crippen molar-refractivity contribution in [2.24, 2.45) is 10.9 Å². The Bertz CT molecular complexity index is 348. The molecule has 0 saturated carbocycles. The molecule has 88 valence electrons. The largest absolute Gasteiger partial charge is 0.469 e. The SMILES string of the molecule is CC1CSC(=NCCc2ccco2)NC1C. The zero-order valence-electron chi connectivity index (χ0n) is 9.77. The van der Waals surface area contributed by atoms with Gasteiger partial charge in [-0.05, 0) is 25.0 Å². The molecular weight excluding hydrogens is 220 g/mol. The summed E-state index contributed by atoms with van der Waals surface area (Å²) in [6, 6.07) is 4.44. The van der Waals surface area contributed by atoms with Crippen LogP contribution in [0.4, 0.5) is 0 Å². The van der Waals surface area contributed by atoms with Crippen molar-refractivity contribution in [1.82, 2.24) is 5.32 Å². The fourth-order valence-corrected chi connectivity index (χ4v) is 2.71. The highest BCUT2D eigenvalue weighted by molar-refractivity contribution is 8.13. The third-order valence-electron chi connectivity index (χ3n) is 2.88. The number of rotatable bonds is 3. The molecule has 3 nitrogen and oxygen atoms in total. The fraction of sp³-hybridized carbons (Fsp3) is 0.583. The van der Waals surface area contributed by atoms with Crippen LogP contribution in [0.15, 0.2) is 27.8 Å². The molecule has 1 N–H and O–H groups in total. The van der Waals surface area contributed by atoms with E-state index in [0.717, 1.165) is 29.6 Å². The molecule has 2 heterocycles. The molecule has 0 bridgehead atoms. The predicted molar refractivity (Wildman–Crippen MR) is 68.9 cm³/mol. The average Bonchev–Trinajstić information content (AvgIpc) is 2.76. The molecule has 2 rings (SSSR count). The summed E-state index contributed by atoms with van der Waals surface area (Å²) in [4.78, 5) is 4.55. The van der Waals surface area contributed by atoms with Crippen molar-refractivity contribution in [3.63, 3.8) is 0 Å². The Morgan fingerprint density at radius 1 is 1.56 bits per heavy atom. The Labute approximate surface area is 101 Å². The van der Waals surface area contributed by atoms with Gasteiger partial charge in [-0.3, -0.25) is 4.99 Å². The highest BCUT2D eigenvalue weighted by atomic mass is 32.2. The highest BCUT2D eigenvalue weighted by Gasteiger charge is 2.20. The van der Waals surface area contributed by atoms with Gasteiger partial charge in [-0.25, -0.2) is 0 Å². The van der Waals surface area contributed by atoms with E-state index in [1.54, 1.807) is 6.26 Å². The van der Waals surface area contributed by atoms with Crippen LogP contribution in [0.25, 0.3) is 0 Å². The number of hydrogen-bond donors (Lipinski definition) is 1. The van der Waals surface area contributed by atoms with Crippen molar-refractivity contribution in [2.75, 3.05) is 12.3 Å². The summed E-state index contributed by atoms with van der Waals surface area (Å²) < 4.78 is 5.26. The number of nitrogens with one attached hydrogen (secondary N) is 1. The van der Waals surface area contributed by atoms with Crippen LogP contribution in [-0.4, -0.2) is 23.5 Å². The summed E-state index contributed by atoms with van der Waals surface area (Å²) in [7, 11) is 0. The van der Waals surface area contributed by atoms with Gasteiger partial charge in [0.05, 0.1) is 6.26 Å². The van der Waals surface area contributed by atoms with Crippen LogP contribution in [0.1, 0.15) is 19.6 Å². The standard InChI is InChI=1S/C12H18N2OS/c1-9-8-16-12(14-10(9)2)13-6-5-11-4-3-7-15-11/h3-4,7,9-10H,5-6,8H2,1-2H3,(H,13,14). The van der Waals surface area contributed by atoms with Crippen LogP contribution in [0.3, 0.4) is 0 Å². The molecule has 0 spiro atoms. The molecule has 16 heavy (non-hydrogen) atoms. The molecule has 0 aliphatic carbocycles. The van der Waals surface area contributed by atoms with Crippen LogP contribution < -0.4 is 5.32 Å². The maximum absolute atomic E-state index is 5.26. The van der Waals surface area contributed by atoms with Gasteiger partial charge in [0.25, 0.3) is 0 Å². The third kappa shape index (κ3) is 3.04. The minimum absolute atomic E-state index is 0.531. The monoisotopic (exact) mass is 238 g/mol. The number of amidine groups is 1. The second-order valence-electron chi connectivity index (χ2n) is 4.24. The van der Waals surface area contributed by atoms with Crippen LogP contribution in [0, 0.1) is 5.92 Å². The number of nitrogens with zero attached hydrogens (tertiary/aromatic N) is 1. The Morgan fingerprint density at radius 2 is 2.44 bits per heavy atom. The van der Waals surface area contributed by atoms with Crippen LogP contribution in [0.2, 0.25) is 0 Å². The molecule has 4 heteroatoms. The first-order valence-electron chi connectivity index (χ1n) is 5.72. The summed E-state index contributed by atoms with van der Waals surface area (Å²) in [5.41, 5.74) is 0. The lowest BCUT2D eigenvalue weighted by Crippen LogP contribution is -2.41. The Hall–Kier alpha value is -0.900. The van der Waals surface area contributed by atoms with Crippen molar-refractivity contribution in [3.05, 3.63) is 24.2 Å². The van der Waals surface area contributed by atoms with Crippen molar-refractivity contribution in [2.45, 2.75) is 26.3 Å². The third-order valence-corrected chi connectivity index (χ3v) is 4.09. The number of hydrogen-bond acceptors (Lipinski definition) is 3. The smallest absolute Gasteiger partial charge is 0.156 e. The minimum atomic E-state index is 0.531. The maximum atomic E-state index is 5.26. The van der Waals surface area contributed by atoms with E-state index >= 15 is 0 Å². The van der Waals surface area contributed by atoms with Gasteiger partial charge < -0.3 is 9.73 Å². The van der Waals surface area contributed by atoms with E-state index < -0.39 is 0 Å². The molecule has 0 amide bonds. The first kappa shape index (κ1) is 11.6. The van der Waals surface area contributed by atoms with Crippen LogP contribution >= 0.6 is 11.8 Å². The summed E-state index contributed by atoms with van der Waals surface area (Å²) in [6.07, 6.45) is 2.59. The van der Waals surface area contributed by atoms with Gasteiger partial charge in [-0.2, -0.15) is 0 Å². The minimum Gasteiger partial charge on any atom is -0.469 e. The van der Waals surface area contributed by atoms with Crippen molar-refractivity contribution in [3.8, 4) is 0 Å². The summed E-state index contributed by atoms with van der Waals surface area (Å²) in [5, 5.41) is 4.51. The van der Waals surface area contributed by atoms with Gasteiger partial charge >= 0.3 is 0 Å². The van der Waals surface area contributed by atoms with Gasteiger partial charge in [-0.15, -0.1) is 0 Å². The quantitative estimate of drug-likeness (QED) is 0.879. The van der Waals surface area contributed by atoms with Gasteiger partial charge in [0.15, 0.2) is 5.17 Å². The van der Waals surface area contributed by atoms with Crippen molar-refractivity contribution < 1.29 is 4.42 Å².